The second-order valence-corrected chi connectivity index (χ2v) is 4.33. The summed E-state index contributed by atoms with van der Waals surface area (Å²) in [5, 5.41) is 5.30. The van der Waals surface area contributed by atoms with E-state index in [1.165, 1.54) is 12.1 Å². The van der Waals surface area contributed by atoms with Crippen LogP contribution in [0.15, 0.2) is 18.2 Å². The lowest BCUT2D eigenvalue weighted by Crippen LogP contribution is -2.45. The van der Waals surface area contributed by atoms with E-state index in [9.17, 15) is 9.59 Å². The summed E-state index contributed by atoms with van der Waals surface area (Å²) in [5.41, 5.74) is 12.4. The topological polar surface area (TPSA) is 110 Å². The Hall–Kier alpha value is -2.24. The van der Waals surface area contributed by atoms with Crippen molar-refractivity contribution in [3.05, 3.63) is 23.8 Å². The fourth-order valence-electron chi connectivity index (χ4n) is 1.53. The van der Waals surface area contributed by atoms with Crippen LogP contribution in [0.1, 0.15) is 30.6 Å². The summed E-state index contributed by atoms with van der Waals surface area (Å²) in [6.45, 7) is 4.16. The fourth-order valence-corrected chi connectivity index (χ4v) is 1.53. The monoisotopic (exact) mass is 264 g/mol. The number of nitrogens with one attached hydrogen (secondary N) is 2. The van der Waals surface area contributed by atoms with Gasteiger partial charge in [-0.05, 0) is 31.5 Å². The molecule has 1 atom stereocenters. The molecule has 6 heteroatoms. The van der Waals surface area contributed by atoms with Gasteiger partial charge in [0.05, 0.1) is 5.56 Å². The zero-order valence-corrected chi connectivity index (χ0v) is 11.2. The highest BCUT2D eigenvalue weighted by atomic mass is 16.2. The van der Waals surface area contributed by atoms with Crippen molar-refractivity contribution in [2.75, 3.05) is 18.0 Å². The van der Waals surface area contributed by atoms with Crippen LogP contribution >= 0.6 is 0 Å². The molecule has 0 aliphatic heterocycles. The number of rotatable bonds is 5. The van der Waals surface area contributed by atoms with Crippen molar-refractivity contribution >= 4 is 23.2 Å². The Morgan fingerprint density at radius 2 is 2.00 bits per heavy atom. The quantitative estimate of drug-likeness (QED) is 0.580. The third-order valence-electron chi connectivity index (χ3n) is 2.61. The van der Waals surface area contributed by atoms with Crippen LogP contribution in [0.25, 0.3) is 0 Å². The van der Waals surface area contributed by atoms with E-state index in [-0.39, 0.29) is 5.91 Å². The summed E-state index contributed by atoms with van der Waals surface area (Å²) >= 11 is 0. The van der Waals surface area contributed by atoms with Crippen LogP contribution in [0.5, 0.6) is 0 Å². The molecular formula is C13H20N4O2. The number of carbonyl (C=O) groups is 2. The average molecular weight is 264 g/mol. The molecule has 2 amide bonds. The normalized spacial score (nSPS) is 11.7. The van der Waals surface area contributed by atoms with Crippen LogP contribution in [0.3, 0.4) is 0 Å². The van der Waals surface area contributed by atoms with Gasteiger partial charge in [-0.2, -0.15) is 0 Å². The molecule has 19 heavy (non-hydrogen) atoms. The molecule has 0 fully saturated rings. The lowest BCUT2D eigenvalue weighted by Gasteiger charge is -2.14. The van der Waals surface area contributed by atoms with Gasteiger partial charge in [0.25, 0.3) is 5.91 Å². The van der Waals surface area contributed by atoms with E-state index < -0.39 is 11.9 Å². The van der Waals surface area contributed by atoms with E-state index >= 15 is 0 Å². The maximum absolute atomic E-state index is 12.0. The van der Waals surface area contributed by atoms with Crippen molar-refractivity contribution in [1.82, 2.24) is 10.6 Å². The molecular weight excluding hydrogens is 244 g/mol. The second-order valence-electron chi connectivity index (χ2n) is 4.33. The standard InChI is InChI=1S/C13H20N4O2/c1-3-6-16-12(18)8(2)17-13(19)10-5-4-9(14)7-11(10)15/h4-5,7-8H,3,6,14-15H2,1-2H3,(H,16,18)(H,17,19). The smallest absolute Gasteiger partial charge is 0.254 e. The Morgan fingerprint density at radius 3 is 2.58 bits per heavy atom. The van der Waals surface area contributed by atoms with Gasteiger partial charge in [0, 0.05) is 17.9 Å². The number of benzene rings is 1. The van der Waals surface area contributed by atoms with E-state index in [4.69, 9.17) is 11.5 Å². The predicted molar refractivity (Wildman–Crippen MR) is 75.5 cm³/mol. The molecule has 1 rings (SSSR count). The highest BCUT2D eigenvalue weighted by Gasteiger charge is 2.17. The fraction of sp³-hybridized carbons (Fsp3) is 0.385. The maximum Gasteiger partial charge on any atom is 0.254 e. The average Bonchev–Trinajstić information content (AvgIpc) is 2.35. The van der Waals surface area contributed by atoms with Crippen LogP contribution in [0.2, 0.25) is 0 Å². The van der Waals surface area contributed by atoms with Gasteiger partial charge >= 0.3 is 0 Å². The van der Waals surface area contributed by atoms with Crippen molar-refractivity contribution in [3.63, 3.8) is 0 Å². The van der Waals surface area contributed by atoms with Gasteiger partial charge < -0.3 is 22.1 Å². The van der Waals surface area contributed by atoms with Crippen molar-refractivity contribution in [1.29, 1.82) is 0 Å². The molecule has 0 aliphatic rings. The number of nitrogens with two attached hydrogens (primary N) is 2. The third kappa shape index (κ3) is 4.17. The Bertz CT molecular complexity index is 474. The Morgan fingerprint density at radius 1 is 1.32 bits per heavy atom. The molecule has 0 saturated carbocycles. The van der Waals surface area contributed by atoms with Crippen molar-refractivity contribution in [3.8, 4) is 0 Å². The molecule has 6 N–H and O–H groups in total. The van der Waals surface area contributed by atoms with E-state index in [1.54, 1.807) is 13.0 Å². The highest BCUT2D eigenvalue weighted by molar-refractivity contribution is 6.01. The Kier molecular flexibility index (Phi) is 5.17. The van der Waals surface area contributed by atoms with Gasteiger partial charge in [-0.3, -0.25) is 9.59 Å². The number of nitrogen functional groups attached to an aromatic ring is 2. The molecule has 104 valence electrons. The molecule has 1 unspecified atom stereocenters. The minimum atomic E-state index is -0.615. The summed E-state index contributed by atoms with van der Waals surface area (Å²) in [6, 6.07) is 4.02. The number of anilines is 2. The van der Waals surface area contributed by atoms with Crippen LogP contribution in [-0.2, 0) is 4.79 Å². The van der Waals surface area contributed by atoms with Crippen molar-refractivity contribution < 1.29 is 9.59 Å². The van der Waals surface area contributed by atoms with Crippen molar-refractivity contribution in [2.24, 2.45) is 0 Å². The number of hydrogen-bond acceptors (Lipinski definition) is 4. The SMILES string of the molecule is CCCNC(=O)C(C)NC(=O)c1ccc(N)cc1N. The van der Waals surface area contributed by atoms with E-state index in [1.807, 2.05) is 6.92 Å². The number of hydrogen-bond donors (Lipinski definition) is 4. The van der Waals surface area contributed by atoms with Gasteiger partial charge in [0.15, 0.2) is 0 Å². The first-order chi connectivity index (χ1) is 8.95. The molecule has 0 aliphatic carbocycles. The van der Waals surface area contributed by atoms with E-state index in [2.05, 4.69) is 10.6 Å². The minimum Gasteiger partial charge on any atom is -0.399 e. The second kappa shape index (κ2) is 6.63. The van der Waals surface area contributed by atoms with Gasteiger partial charge in [-0.1, -0.05) is 6.92 Å². The minimum absolute atomic E-state index is 0.218. The van der Waals surface area contributed by atoms with Gasteiger partial charge in [-0.15, -0.1) is 0 Å². The summed E-state index contributed by atoms with van der Waals surface area (Å²) in [5.74, 6) is -0.610. The summed E-state index contributed by atoms with van der Waals surface area (Å²) in [4.78, 5) is 23.6. The molecule has 1 aromatic carbocycles. The van der Waals surface area contributed by atoms with Crippen LogP contribution < -0.4 is 22.1 Å². The lowest BCUT2D eigenvalue weighted by molar-refractivity contribution is -0.122. The molecule has 0 saturated heterocycles. The number of carbonyl (C=O) groups excluding carboxylic acids is 2. The van der Waals surface area contributed by atoms with Crippen LogP contribution in [-0.4, -0.2) is 24.4 Å². The largest absolute Gasteiger partial charge is 0.399 e. The van der Waals surface area contributed by atoms with Crippen LogP contribution in [0, 0.1) is 0 Å². The Balaban J connectivity index is 2.66. The van der Waals surface area contributed by atoms with E-state index in [0.29, 0.717) is 23.5 Å². The molecule has 1 aromatic rings. The number of amides is 2. The zero-order chi connectivity index (χ0) is 14.4. The molecule has 0 aromatic heterocycles. The molecule has 6 nitrogen and oxygen atoms in total. The lowest BCUT2D eigenvalue weighted by atomic mass is 10.1. The first-order valence-electron chi connectivity index (χ1n) is 6.19. The Labute approximate surface area is 112 Å². The van der Waals surface area contributed by atoms with Crippen molar-refractivity contribution in [2.45, 2.75) is 26.3 Å². The van der Waals surface area contributed by atoms with Gasteiger partial charge in [0.1, 0.15) is 6.04 Å². The summed E-state index contributed by atoms with van der Waals surface area (Å²) in [6.07, 6.45) is 0.845. The molecule has 0 heterocycles. The molecule has 0 spiro atoms. The molecule has 0 radical (unpaired) electrons. The predicted octanol–water partition coefficient (Wildman–Crippen LogP) is 0.496. The van der Waals surface area contributed by atoms with Gasteiger partial charge in [-0.25, -0.2) is 0 Å². The summed E-state index contributed by atoms with van der Waals surface area (Å²) in [7, 11) is 0. The highest BCUT2D eigenvalue weighted by Crippen LogP contribution is 2.15. The molecule has 0 bridgehead atoms. The first-order valence-corrected chi connectivity index (χ1v) is 6.19. The third-order valence-corrected chi connectivity index (χ3v) is 2.61. The first kappa shape index (κ1) is 14.8. The zero-order valence-electron chi connectivity index (χ0n) is 11.2. The van der Waals surface area contributed by atoms with E-state index in [0.717, 1.165) is 6.42 Å². The van der Waals surface area contributed by atoms with Crippen LogP contribution in [0.4, 0.5) is 11.4 Å². The van der Waals surface area contributed by atoms with Gasteiger partial charge in [0.2, 0.25) is 5.91 Å². The summed E-state index contributed by atoms with van der Waals surface area (Å²) < 4.78 is 0. The maximum atomic E-state index is 12.0.